The van der Waals surface area contributed by atoms with E-state index in [4.69, 9.17) is 4.74 Å². The lowest BCUT2D eigenvalue weighted by Crippen LogP contribution is -2.26. The second-order valence-corrected chi connectivity index (χ2v) is 9.03. The number of carbonyl (C=O) groups excluding carboxylic acids is 1. The molecule has 2 heterocycles. The smallest absolute Gasteiger partial charge is 0.357 e. The number of hydrogen-bond acceptors (Lipinski definition) is 6. The molecule has 0 fully saturated rings. The van der Waals surface area contributed by atoms with Crippen LogP contribution in [0.5, 0.6) is 0 Å². The Labute approximate surface area is 157 Å². The first kappa shape index (κ1) is 17.8. The van der Waals surface area contributed by atoms with Gasteiger partial charge in [-0.15, -0.1) is 0 Å². The number of ether oxygens (including phenoxy) is 1. The molecular weight excluding hydrogens is 366 g/mol. The SMILES string of the molecule is CC1(O)OC(=O)C(N2Cc3ccccc3C2)=C1c1ccc(S(C)(=O)=O)cc1. The molecule has 6 nitrogen and oxygen atoms in total. The fourth-order valence-corrected chi connectivity index (χ4v) is 4.28. The number of nitrogens with zero attached hydrogens (tertiary/aromatic N) is 1. The molecule has 1 unspecified atom stereocenters. The Kier molecular flexibility index (Phi) is 3.90. The number of sulfone groups is 1. The van der Waals surface area contributed by atoms with Crippen LogP contribution in [0.1, 0.15) is 23.6 Å². The van der Waals surface area contributed by atoms with Crippen LogP contribution in [0.25, 0.3) is 5.57 Å². The van der Waals surface area contributed by atoms with Crippen molar-refractivity contribution < 1.29 is 23.1 Å². The Balaban J connectivity index is 1.80. The van der Waals surface area contributed by atoms with E-state index < -0.39 is 21.6 Å². The van der Waals surface area contributed by atoms with Crippen molar-refractivity contribution >= 4 is 21.4 Å². The molecule has 0 spiro atoms. The number of cyclic esters (lactones) is 1. The van der Waals surface area contributed by atoms with Gasteiger partial charge in [0.25, 0.3) is 0 Å². The highest BCUT2D eigenvalue weighted by molar-refractivity contribution is 7.90. The normalized spacial score (nSPS) is 22.2. The minimum atomic E-state index is -3.34. The van der Waals surface area contributed by atoms with E-state index in [1.165, 1.54) is 19.1 Å². The fourth-order valence-electron chi connectivity index (χ4n) is 3.65. The van der Waals surface area contributed by atoms with Gasteiger partial charge >= 0.3 is 5.97 Å². The van der Waals surface area contributed by atoms with Crippen molar-refractivity contribution in [3.63, 3.8) is 0 Å². The zero-order chi connectivity index (χ0) is 19.4. The molecule has 1 N–H and O–H groups in total. The molecule has 0 bridgehead atoms. The third kappa shape index (κ3) is 3.02. The Morgan fingerprint density at radius 3 is 2.11 bits per heavy atom. The van der Waals surface area contributed by atoms with Crippen LogP contribution in [0, 0.1) is 0 Å². The zero-order valence-electron chi connectivity index (χ0n) is 15.0. The summed E-state index contributed by atoms with van der Waals surface area (Å²) in [6.07, 6.45) is 1.13. The molecule has 0 saturated heterocycles. The van der Waals surface area contributed by atoms with E-state index in [0.717, 1.165) is 17.4 Å². The molecule has 0 amide bonds. The van der Waals surface area contributed by atoms with Gasteiger partial charge in [-0.25, -0.2) is 13.2 Å². The summed E-state index contributed by atoms with van der Waals surface area (Å²) >= 11 is 0. The topological polar surface area (TPSA) is 83.9 Å². The summed E-state index contributed by atoms with van der Waals surface area (Å²) in [7, 11) is -3.34. The van der Waals surface area contributed by atoms with Gasteiger partial charge in [0.2, 0.25) is 5.79 Å². The molecule has 0 radical (unpaired) electrons. The molecule has 4 rings (SSSR count). The van der Waals surface area contributed by atoms with Crippen molar-refractivity contribution in [3.05, 3.63) is 70.9 Å². The van der Waals surface area contributed by atoms with E-state index in [1.807, 2.05) is 29.2 Å². The third-order valence-corrected chi connectivity index (χ3v) is 6.04. The van der Waals surface area contributed by atoms with Crippen LogP contribution >= 0.6 is 0 Å². The largest absolute Gasteiger partial charge is 0.424 e. The van der Waals surface area contributed by atoms with Gasteiger partial charge in [0, 0.05) is 26.3 Å². The standard InChI is InChI=1S/C20H19NO5S/c1-20(23)17(13-7-9-16(10-8-13)27(2,24)25)18(19(22)26-20)21-11-14-5-3-4-6-15(14)12-21/h3-10,23H,11-12H2,1-2H3. The first-order valence-corrected chi connectivity index (χ1v) is 10.4. The van der Waals surface area contributed by atoms with Crippen LogP contribution in [-0.4, -0.2) is 36.4 Å². The molecule has 2 aliphatic rings. The molecule has 0 aromatic heterocycles. The Morgan fingerprint density at radius 2 is 1.59 bits per heavy atom. The van der Waals surface area contributed by atoms with Crippen molar-refractivity contribution in [1.29, 1.82) is 0 Å². The molecule has 140 valence electrons. The van der Waals surface area contributed by atoms with E-state index in [2.05, 4.69) is 0 Å². The number of aliphatic hydroxyl groups is 1. The second-order valence-electron chi connectivity index (χ2n) is 7.02. The van der Waals surface area contributed by atoms with Gasteiger partial charge in [-0.05, 0) is 28.8 Å². The molecule has 7 heteroatoms. The minimum absolute atomic E-state index is 0.173. The molecule has 1 atom stereocenters. The highest BCUT2D eigenvalue weighted by atomic mass is 32.2. The van der Waals surface area contributed by atoms with Gasteiger partial charge in [0.1, 0.15) is 5.70 Å². The first-order valence-electron chi connectivity index (χ1n) is 8.49. The minimum Gasteiger partial charge on any atom is -0.424 e. The maximum atomic E-state index is 12.6. The molecule has 0 aliphatic carbocycles. The molecule has 0 saturated carbocycles. The summed E-state index contributed by atoms with van der Waals surface area (Å²) in [5.74, 6) is -2.37. The Morgan fingerprint density at radius 1 is 1.04 bits per heavy atom. The fraction of sp³-hybridized carbons (Fsp3) is 0.250. The number of rotatable bonds is 3. The van der Waals surface area contributed by atoms with E-state index >= 15 is 0 Å². The number of esters is 1. The lowest BCUT2D eigenvalue weighted by Gasteiger charge is -2.21. The number of benzene rings is 2. The van der Waals surface area contributed by atoms with Gasteiger partial charge in [0.05, 0.1) is 10.5 Å². The lowest BCUT2D eigenvalue weighted by atomic mass is 9.97. The van der Waals surface area contributed by atoms with Gasteiger partial charge in [0.15, 0.2) is 9.84 Å². The summed E-state index contributed by atoms with van der Waals surface area (Å²) in [6.45, 7) is 2.50. The average Bonchev–Trinajstić information content (AvgIpc) is 3.11. The van der Waals surface area contributed by atoms with Gasteiger partial charge < -0.3 is 14.7 Å². The zero-order valence-corrected chi connectivity index (χ0v) is 15.8. The number of carbonyl (C=O) groups is 1. The van der Waals surface area contributed by atoms with Crippen molar-refractivity contribution in [2.75, 3.05) is 6.26 Å². The van der Waals surface area contributed by atoms with Crippen LogP contribution in [-0.2, 0) is 32.5 Å². The predicted octanol–water partition coefficient (Wildman–Crippen LogP) is 2.08. The second kappa shape index (κ2) is 5.94. The average molecular weight is 385 g/mol. The number of fused-ring (bicyclic) bond motifs is 1. The summed E-state index contributed by atoms with van der Waals surface area (Å²) in [6, 6.07) is 14.0. The Hall–Kier alpha value is -2.64. The van der Waals surface area contributed by atoms with Crippen molar-refractivity contribution in [1.82, 2.24) is 4.90 Å². The van der Waals surface area contributed by atoms with Crippen molar-refractivity contribution in [2.45, 2.75) is 30.7 Å². The number of hydrogen-bond donors (Lipinski definition) is 1. The van der Waals surface area contributed by atoms with Gasteiger partial charge in [-0.2, -0.15) is 0 Å². The van der Waals surface area contributed by atoms with E-state index in [0.29, 0.717) is 29.9 Å². The molecule has 27 heavy (non-hydrogen) atoms. The molecule has 2 aromatic carbocycles. The van der Waals surface area contributed by atoms with Gasteiger partial charge in [-0.3, -0.25) is 0 Å². The summed E-state index contributed by atoms with van der Waals surface area (Å²) in [4.78, 5) is 14.6. The molecule has 2 aliphatic heterocycles. The lowest BCUT2D eigenvalue weighted by molar-refractivity contribution is -0.171. The molecular formula is C20H19NO5S. The molecule has 2 aromatic rings. The predicted molar refractivity (Wildman–Crippen MR) is 98.9 cm³/mol. The quantitative estimate of drug-likeness (QED) is 0.815. The van der Waals surface area contributed by atoms with Crippen molar-refractivity contribution in [2.24, 2.45) is 0 Å². The summed E-state index contributed by atoms with van der Waals surface area (Å²) in [5.41, 5.74) is 3.44. The monoisotopic (exact) mass is 385 g/mol. The third-order valence-electron chi connectivity index (χ3n) is 4.91. The summed E-state index contributed by atoms with van der Waals surface area (Å²) < 4.78 is 28.6. The van der Waals surface area contributed by atoms with Crippen LogP contribution in [0.15, 0.2) is 59.1 Å². The van der Waals surface area contributed by atoms with Crippen LogP contribution in [0.4, 0.5) is 0 Å². The summed E-state index contributed by atoms with van der Waals surface area (Å²) in [5, 5.41) is 10.7. The van der Waals surface area contributed by atoms with E-state index in [9.17, 15) is 18.3 Å². The van der Waals surface area contributed by atoms with E-state index in [-0.39, 0.29) is 4.90 Å². The van der Waals surface area contributed by atoms with Gasteiger partial charge in [-0.1, -0.05) is 36.4 Å². The van der Waals surface area contributed by atoms with E-state index in [1.54, 1.807) is 12.1 Å². The maximum absolute atomic E-state index is 12.6. The Bertz CT molecular complexity index is 1040. The first-order chi connectivity index (χ1) is 12.7. The maximum Gasteiger partial charge on any atom is 0.357 e. The highest BCUT2D eigenvalue weighted by Gasteiger charge is 2.46. The van der Waals surface area contributed by atoms with Crippen LogP contribution in [0.3, 0.4) is 0 Å². The van der Waals surface area contributed by atoms with Crippen LogP contribution < -0.4 is 0 Å². The van der Waals surface area contributed by atoms with Crippen LogP contribution in [0.2, 0.25) is 0 Å². The highest BCUT2D eigenvalue weighted by Crippen LogP contribution is 2.42. The van der Waals surface area contributed by atoms with Crippen molar-refractivity contribution in [3.8, 4) is 0 Å².